The lowest BCUT2D eigenvalue weighted by molar-refractivity contribution is 0.00796. The highest BCUT2D eigenvalue weighted by molar-refractivity contribution is 6.34. The molecule has 2 rings (SSSR count). The van der Waals surface area contributed by atoms with E-state index in [2.05, 4.69) is 6.07 Å². The van der Waals surface area contributed by atoms with Crippen LogP contribution in [0.1, 0.15) is 30.9 Å². The van der Waals surface area contributed by atoms with Crippen molar-refractivity contribution in [2.45, 2.75) is 25.4 Å². The molecule has 4 heteroatoms. The van der Waals surface area contributed by atoms with E-state index in [4.69, 9.17) is 28.5 Å². The molecule has 0 saturated heterocycles. The van der Waals surface area contributed by atoms with Gasteiger partial charge in [0.15, 0.2) is 0 Å². The summed E-state index contributed by atoms with van der Waals surface area (Å²) in [6.45, 7) is 0. The van der Waals surface area contributed by atoms with Gasteiger partial charge in [-0.3, -0.25) is 0 Å². The number of halogens is 2. The number of hydrogen-bond donors (Lipinski definition) is 1. The molecule has 2 nitrogen and oxygen atoms in total. The van der Waals surface area contributed by atoms with E-state index in [9.17, 15) is 5.11 Å². The molecule has 0 spiro atoms. The van der Waals surface area contributed by atoms with E-state index in [1.165, 1.54) is 0 Å². The van der Waals surface area contributed by atoms with Gasteiger partial charge in [-0.1, -0.05) is 29.6 Å². The van der Waals surface area contributed by atoms with E-state index in [1.807, 2.05) is 0 Å². The molecule has 0 aliphatic heterocycles. The Hall–Kier alpha value is -0.750. The fourth-order valence-electron chi connectivity index (χ4n) is 2.06. The number of benzene rings is 1. The highest BCUT2D eigenvalue weighted by Crippen LogP contribution is 2.50. The summed E-state index contributed by atoms with van der Waals surface area (Å²) in [6, 6.07) is 7.15. The highest BCUT2D eigenvalue weighted by Gasteiger charge is 2.44. The Bertz CT molecular complexity index is 429. The standard InChI is InChI=1S/C12H11Cl2NO/c13-9-4-8(5-10(14)6-9)11(16)12(7-15)2-1-3-12/h4-6,11,16H,1-3H2. The van der Waals surface area contributed by atoms with Gasteiger partial charge in [0.1, 0.15) is 0 Å². The molecule has 0 bridgehead atoms. The van der Waals surface area contributed by atoms with Crippen molar-refractivity contribution in [1.29, 1.82) is 5.26 Å². The third-order valence-corrected chi connectivity index (χ3v) is 3.63. The predicted octanol–water partition coefficient (Wildman–Crippen LogP) is 3.72. The van der Waals surface area contributed by atoms with Gasteiger partial charge in [0.05, 0.1) is 17.6 Å². The van der Waals surface area contributed by atoms with Crippen LogP contribution in [0, 0.1) is 16.7 Å². The van der Waals surface area contributed by atoms with Gasteiger partial charge in [-0.15, -0.1) is 0 Å². The van der Waals surface area contributed by atoms with Gasteiger partial charge in [0.2, 0.25) is 0 Å². The average Bonchev–Trinajstić information content (AvgIpc) is 2.15. The Kier molecular flexibility index (Phi) is 3.12. The number of rotatable bonds is 2. The Labute approximate surface area is 104 Å². The van der Waals surface area contributed by atoms with Gasteiger partial charge in [-0.05, 0) is 36.6 Å². The summed E-state index contributed by atoms with van der Waals surface area (Å²) in [4.78, 5) is 0. The first-order valence-electron chi connectivity index (χ1n) is 5.13. The van der Waals surface area contributed by atoms with E-state index in [1.54, 1.807) is 18.2 Å². The zero-order valence-electron chi connectivity index (χ0n) is 8.58. The molecule has 16 heavy (non-hydrogen) atoms. The molecule has 1 atom stereocenters. The van der Waals surface area contributed by atoms with Crippen LogP contribution in [0.4, 0.5) is 0 Å². The van der Waals surface area contributed by atoms with Crippen LogP contribution in [0.15, 0.2) is 18.2 Å². The number of nitriles is 1. The summed E-state index contributed by atoms with van der Waals surface area (Å²) >= 11 is 11.7. The van der Waals surface area contributed by atoms with Crippen molar-refractivity contribution < 1.29 is 5.11 Å². The largest absolute Gasteiger partial charge is 0.387 e. The quantitative estimate of drug-likeness (QED) is 0.876. The first-order chi connectivity index (χ1) is 7.57. The van der Waals surface area contributed by atoms with Crippen molar-refractivity contribution in [3.8, 4) is 6.07 Å². The van der Waals surface area contributed by atoms with E-state index < -0.39 is 11.5 Å². The van der Waals surface area contributed by atoms with Gasteiger partial charge in [-0.25, -0.2) is 0 Å². The minimum atomic E-state index is -0.803. The first kappa shape index (κ1) is 11.7. The maximum absolute atomic E-state index is 10.2. The molecule has 1 N–H and O–H groups in total. The molecule has 0 amide bonds. The van der Waals surface area contributed by atoms with Gasteiger partial charge in [0, 0.05) is 10.0 Å². The van der Waals surface area contributed by atoms with Gasteiger partial charge >= 0.3 is 0 Å². The Morgan fingerprint density at radius 2 is 1.81 bits per heavy atom. The van der Waals surface area contributed by atoms with Crippen LogP contribution < -0.4 is 0 Å². The second-order valence-electron chi connectivity index (χ2n) is 4.23. The monoisotopic (exact) mass is 255 g/mol. The van der Waals surface area contributed by atoms with E-state index in [0.717, 1.165) is 19.3 Å². The third kappa shape index (κ3) is 1.91. The zero-order valence-corrected chi connectivity index (χ0v) is 10.1. The Morgan fingerprint density at radius 1 is 1.25 bits per heavy atom. The third-order valence-electron chi connectivity index (χ3n) is 3.19. The summed E-state index contributed by atoms with van der Waals surface area (Å²) in [5, 5.41) is 20.3. The number of aliphatic hydroxyl groups is 1. The van der Waals surface area contributed by atoms with Gasteiger partial charge in [-0.2, -0.15) is 5.26 Å². The fourth-order valence-corrected chi connectivity index (χ4v) is 2.60. The topological polar surface area (TPSA) is 44.0 Å². The Balaban J connectivity index is 2.34. The second-order valence-corrected chi connectivity index (χ2v) is 5.10. The lowest BCUT2D eigenvalue weighted by Gasteiger charge is -2.39. The summed E-state index contributed by atoms with van der Waals surface area (Å²) in [7, 11) is 0. The molecule has 1 aromatic rings. The van der Waals surface area contributed by atoms with E-state index >= 15 is 0 Å². The van der Waals surface area contributed by atoms with Crippen LogP contribution in [0.3, 0.4) is 0 Å². The second kappa shape index (κ2) is 4.25. The van der Waals surface area contributed by atoms with Crippen LogP contribution in [0.25, 0.3) is 0 Å². The average molecular weight is 256 g/mol. The first-order valence-corrected chi connectivity index (χ1v) is 5.88. The van der Waals surface area contributed by atoms with E-state index in [0.29, 0.717) is 15.6 Å². The van der Waals surface area contributed by atoms with Crippen LogP contribution in [-0.2, 0) is 0 Å². The minimum absolute atomic E-state index is 0.481. The van der Waals surface area contributed by atoms with Crippen molar-refractivity contribution in [3.63, 3.8) is 0 Å². The molecular formula is C12H11Cl2NO. The van der Waals surface area contributed by atoms with Gasteiger partial charge < -0.3 is 5.11 Å². The molecule has 1 aromatic carbocycles. The summed E-state index contributed by atoms with van der Waals surface area (Å²) in [6.07, 6.45) is 1.64. The van der Waals surface area contributed by atoms with Crippen LogP contribution in [-0.4, -0.2) is 5.11 Å². The predicted molar refractivity (Wildman–Crippen MR) is 63.3 cm³/mol. The number of hydrogen-bond acceptors (Lipinski definition) is 2. The highest BCUT2D eigenvalue weighted by atomic mass is 35.5. The van der Waals surface area contributed by atoms with Gasteiger partial charge in [0.25, 0.3) is 0 Å². The summed E-state index contributed by atoms with van der Waals surface area (Å²) in [5.74, 6) is 0. The SMILES string of the molecule is N#CC1(C(O)c2cc(Cl)cc(Cl)c2)CCC1. The summed E-state index contributed by atoms with van der Waals surface area (Å²) in [5.41, 5.74) is -0.0210. The van der Waals surface area contributed by atoms with Crippen LogP contribution in [0.2, 0.25) is 10.0 Å². The Morgan fingerprint density at radius 3 is 2.19 bits per heavy atom. The smallest absolute Gasteiger partial charge is 0.0977 e. The maximum atomic E-state index is 10.2. The molecular weight excluding hydrogens is 245 g/mol. The minimum Gasteiger partial charge on any atom is -0.387 e. The number of nitrogens with zero attached hydrogens (tertiary/aromatic N) is 1. The van der Waals surface area contributed by atoms with Crippen LogP contribution in [0.5, 0.6) is 0 Å². The van der Waals surface area contributed by atoms with Crippen molar-refractivity contribution in [1.82, 2.24) is 0 Å². The van der Waals surface area contributed by atoms with E-state index in [-0.39, 0.29) is 0 Å². The normalized spacial score (nSPS) is 19.6. The molecule has 1 aliphatic carbocycles. The van der Waals surface area contributed by atoms with Crippen molar-refractivity contribution in [2.75, 3.05) is 0 Å². The maximum Gasteiger partial charge on any atom is 0.0977 e. The van der Waals surface area contributed by atoms with Crippen molar-refractivity contribution >= 4 is 23.2 Å². The number of aliphatic hydroxyl groups excluding tert-OH is 1. The molecule has 0 radical (unpaired) electrons. The lowest BCUT2D eigenvalue weighted by Crippen LogP contribution is -2.34. The fraction of sp³-hybridized carbons (Fsp3) is 0.417. The molecule has 84 valence electrons. The van der Waals surface area contributed by atoms with Crippen molar-refractivity contribution in [3.05, 3.63) is 33.8 Å². The molecule has 1 unspecified atom stereocenters. The molecule has 1 fully saturated rings. The zero-order chi connectivity index (χ0) is 11.8. The molecule has 1 saturated carbocycles. The molecule has 1 aliphatic rings. The van der Waals surface area contributed by atoms with Crippen molar-refractivity contribution in [2.24, 2.45) is 5.41 Å². The summed E-state index contributed by atoms with van der Waals surface area (Å²) < 4.78 is 0. The van der Waals surface area contributed by atoms with Crippen LogP contribution >= 0.6 is 23.2 Å². The lowest BCUT2D eigenvalue weighted by atomic mass is 9.65. The molecule has 0 heterocycles. The molecule has 0 aromatic heterocycles.